The number of carbonyl (C=O) groups is 1. The molecule has 0 saturated carbocycles. The van der Waals surface area contributed by atoms with Crippen LogP contribution in [-0.4, -0.2) is 35.2 Å². The average molecular weight is 427 g/mol. The van der Waals surface area contributed by atoms with Crippen molar-refractivity contribution >= 4 is 21.6 Å². The molecule has 0 aromatic heterocycles. The van der Waals surface area contributed by atoms with E-state index in [9.17, 15) is 13.2 Å². The zero-order valence-corrected chi connectivity index (χ0v) is 17.3. The van der Waals surface area contributed by atoms with Crippen molar-refractivity contribution in [1.82, 2.24) is 0 Å². The van der Waals surface area contributed by atoms with Gasteiger partial charge in [0.25, 0.3) is 15.9 Å². The molecule has 0 spiro atoms. The number of amides is 1. The first-order valence-electron chi connectivity index (χ1n) is 9.00. The van der Waals surface area contributed by atoms with Crippen LogP contribution in [0.5, 0.6) is 17.2 Å². The molecule has 0 radical (unpaired) electrons. The molecule has 1 amide bonds. The van der Waals surface area contributed by atoms with Crippen molar-refractivity contribution in [1.29, 1.82) is 0 Å². The molecular weight excluding hydrogens is 406 g/mol. The summed E-state index contributed by atoms with van der Waals surface area (Å²) in [5.74, 6) is 0.552. The Hall–Kier alpha value is -3.52. The summed E-state index contributed by atoms with van der Waals surface area (Å²) in [4.78, 5) is 13.0. The lowest BCUT2D eigenvalue weighted by molar-refractivity contribution is -0.119. The first kappa shape index (κ1) is 21.2. The van der Waals surface area contributed by atoms with E-state index in [1.165, 1.54) is 38.5 Å². The highest BCUT2D eigenvalue weighted by molar-refractivity contribution is 7.93. The van der Waals surface area contributed by atoms with Crippen LogP contribution in [0.25, 0.3) is 0 Å². The smallest absolute Gasteiger partial charge is 0.278 e. The van der Waals surface area contributed by atoms with Gasteiger partial charge in [0.2, 0.25) is 0 Å². The Bertz CT molecular complexity index is 1100. The Morgan fingerprint density at radius 2 is 1.40 bits per heavy atom. The fourth-order valence-corrected chi connectivity index (χ4v) is 4.20. The fraction of sp³-hybridized carbons (Fsp3) is 0.136. The summed E-state index contributed by atoms with van der Waals surface area (Å²) >= 11 is 0. The van der Waals surface area contributed by atoms with Gasteiger partial charge >= 0.3 is 0 Å². The molecule has 30 heavy (non-hydrogen) atoms. The zero-order chi connectivity index (χ0) is 21.6. The molecule has 0 saturated heterocycles. The predicted octanol–water partition coefficient (Wildman–Crippen LogP) is 3.50. The summed E-state index contributed by atoms with van der Waals surface area (Å²) in [6, 6.07) is 20.7. The molecule has 0 aliphatic carbocycles. The van der Waals surface area contributed by atoms with Gasteiger partial charge in [-0.25, -0.2) is 8.42 Å². The largest absolute Gasteiger partial charge is 0.497 e. The normalized spacial score (nSPS) is 10.9. The van der Waals surface area contributed by atoms with Crippen LogP contribution in [-0.2, 0) is 14.8 Å². The Morgan fingerprint density at radius 1 is 0.800 bits per heavy atom. The third-order valence-electron chi connectivity index (χ3n) is 4.24. The van der Waals surface area contributed by atoms with Crippen LogP contribution in [0.3, 0.4) is 0 Å². The van der Waals surface area contributed by atoms with E-state index in [0.717, 1.165) is 4.31 Å². The van der Waals surface area contributed by atoms with E-state index in [1.807, 2.05) is 0 Å². The molecule has 3 aromatic rings. The summed E-state index contributed by atoms with van der Waals surface area (Å²) in [5, 5.41) is 0. The van der Waals surface area contributed by atoms with Crippen molar-refractivity contribution in [2.75, 3.05) is 25.1 Å². The van der Waals surface area contributed by atoms with E-state index in [0.29, 0.717) is 17.2 Å². The number of anilines is 1. The van der Waals surface area contributed by atoms with Gasteiger partial charge in [-0.3, -0.25) is 4.79 Å². The molecule has 0 unspecified atom stereocenters. The molecule has 3 aromatic carbocycles. The van der Waals surface area contributed by atoms with Crippen molar-refractivity contribution in [3.05, 3.63) is 78.9 Å². The Morgan fingerprint density at radius 3 is 2.00 bits per heavy atom. The minimum absolute atomic E-state index is 0.00791. The molecular formula is C22H21NO6S. The van der Waals surface area contributed by atoms with E-state index in [-0.39, 0.29) is 10.6 Å². The molecule has 3 rings (SSSR count). The number of carbonyl (C=O) groups excluding carboxylic acids is 1. The standard InChI is InChI=1S/C22H21NO6S/c1-27-18-14-12-17(13-15-18)23(30(25,26)19-8-4-3-5-9-19)22(24)16-29-21-11-7-6-10-20(21)28-2/h3-15H,16H2,1-2H3. The van der Waals surface area contributed by atoms with Gasteiger partial charge in [0.05, 0.1) is 24.8 Å². The predicted molar refractivity (Wildman–Crippen MR) is 113 cm³/mol. The highest BCUT2D eigenvalue weighted by atomic mass is 32.2. The zero-order valence-electron chi connectivity index (χ0n) is 16.5. The molecule has 156 valence electrons. The van der Waals surface area contributed by atoms with Gasteiger partial charge in [0.1, 0.15) is 5.75 Å². The Balaban J connectivity index is 1.95. The van der Waals surface area contributed by atoms with Crippen LogP contribution < -0.4 is 18.5 Å². The number of hydrogen-bond acceptors (Lipinski definition) is 6. The molecule has 0 aliphatic rings. The van der Waals surface area contributed by atoms with Gasteiger partial charge in [0.15, 0.2) is 18.1 Å². The maximum atomic E-state index is 13.3. The lowest BCUT2D eigenvalue weighted by Gasteiger charge is -2.23. The number of methoxy groups -OCH3 is 2. The van der Waals surface area contributed by atoms with Crippen molar-refractivity contribution in [3.63, 3.8) is 0 Å². The van der Waals surface area contributed by atoms with Crippen molar-refractivity contribution in [2.24, 2.45) is 0 Å². The molecule has 8 heteroatoms. The molecule has 0 fully saturated rings. The maximum Gasteiger partial charge on any atom is 0.278 e. The van der Waals surface area contributed by atoms with Crippen molar-refractivity contribution in [3.8, 4) is 17.2 Å². The van der Waals surface area contributed by atoms with Crippen LogP contribution in [0.15, 0.2) is 83.8 Å². The number of nitrogens with zero attached hydrogens (tertiary/aromatic N) is 1. The number of para-hydroxylation sites is 2. The topological polar surface area (TPSA) is 82.1 Å². The molecule has 7 nitrogen and oxygen atoms in total. The van der Waals surface area contributed by atoms with Gasteiger partial charge < -0.3 is 14.2 Å². The summed E-state index contributed by atoms with van der Waals surface area (Å²) in [7, 11) is -1.18. The molecule has 0 bridgehead atoms. The first-order valence-corrected chi connectivity index (χ1v) is 10.4. The Kier molecular flexibility index (Phi) is 6.58. The number of ether oxygens (including phenoxy) is 3. The first-order chi connectivity index (χ1) is 14.5. The summed E-state index contributed by atoms with van der Waals surface area (Å²) in [6.07, 6.45) is 0. The van der Waals surface area contributed by atoms with E-state index in [4.69, 9.17) is 14.2 Å². The number of sulfonamides is 1. The molecule has 0 aliphatic heterocycles. The van der Waals surface area contributed by atoms with E-state index >= 15 is 0 Å². The number of hydrogen-bond donors (Lipinski definition) is 0. The molecule has 0 heterocycles. The van der Waals surface area contributed by atoms with E-state index < -0.39 is 22.5 Å². The number of rotatable bonds is 8. The van der Waals surface area contributed by atoms with E-state index in [2.05, 4.69) is 0 Å². The summed E-state index contributed by atoms with van der Waals surface area (Å²) in [6.45, 7) is -0.502. The minimum atomic E-state index is -4.16. The van der Waals surface area contributed by atoms with E-state index in [1.54, 1.807) is 54.6 Å². The van der Waals surface area contributed by atoms with Crippen LogP contribution in [0, 0.1) is 0 Å². The van der Waals surface area contributed by atoms with Crippen LogP contribution in [0.2, 0.25) is 0 Å². The SMILES string of the molecule is COc1ccc(N(C(=O)COc2ccccc2OC)S(=O)(=O)c2ccccc2)cc1. The number of benzene rings is 3. The quantitative estimate of drug-likeness (QED) is 0.547. The summed E-state index contributed by atoms with van der Waals surface area (Å²) in [5.41, 5.74) is 0.174. The van der Waals surface area contributed by atoms with Crippen molar-refractivity contribution < 1.29 is 27.4 Å². The van der Waals surface area contributed by atoms with Gasteiger partial charge in [-0.05, 0) is 48.5 Å². The second kappa shape index (κ2) is 9.32. The van der Waals surface area contributed by atoms with Crippen LogP contribution in [0.4, 0.5) is 5.69 Å². The minimum Gasteiger partial charge on any atom is -0.497 e. The lowest BCUT2D eigenvalue weighted by Crippen LogP contribution is -2.40. The van der Waals surface area contributed by atoms with Gasteiger partial charge in [-0.15, -0.1) is 0 Å². The lowest BCUT2D eigenvalue weighted by atomic mass is 10.3. The average Bonchev–Trinajstić information content (AvgIpc) is 2.79. The van der Waals surface area contributed by atoms with Crippen LogP contribution in [0.1, 0.15) is 0 Å². The monoisotopic (exact) mass is 427 g/mol. The van der Waals surface area contributed by atoms with Gasteiger partial charge in [0, 0.05) is 0 Å². The Labute approximate surface area is 175 Å². The highest BCUT2D eigenvalue weighted by Crippen LogP contribution is 2.28. The summed E-state index contributed by atoms with van der Waals surface area (Å²) < 4.78 is 43.1. The maximum absolute atomic E-state index is 13.3. The third kappa shape index (κ3) is 4.55. The molecule has 0 N–H and O–H groups in total. The molecule has 0 atom stereocenters. The second-order valence-electron chi connectivity index (χ2n) is 6.11. The highest BCUT2D eigenvalue weighted by Gasteiger charge is 2.31. The second-order valence-corrected chi connectivity index (χ2v) is 7.90. The van der Waals surface area contributed by atoms with Gasteiger partial charge in [-0.2, -0.15) is 4.31 Å². The third-order valence-corrected chi connectivity index (χ3v) is 6.00. The van der Waals surface area contributed by atoms with Crippen molar-refractivity contribution in [2.45, 2.75) is 4.90 Å². The van der Waals surface area contributed by atoms with Crippen LogP contribution >= 0.6 is 0 Å². The van der Waals surface area contributed by atoms with Gasteiger partial charge in [-0.1, -0.05) is 30.3 Å². The fourth-order valence-electron chi connectivity index (χ4n) is 2.77.